The lowest BCUT2D eigenvalue weighted by atomic mass is 10.2. The maximum Gasteiger partial charge on any atom is 0.234 e. The van der Waals surface area contributed by atoms with Crippen LogP contribution in [0.2, 0.25) is 0 Å². The van der Waals surface area contributed by atoms with Crippen molar-refractivity contribution in [1.29, 1.82) is 0 Å². The van der Waals surface area contributed by atoms with E-state index in [2.05, 4.69) is 25.0 Å². The van der Waals surface area contributed by atoms with Gasteiger partial charge < -0.3 is 14.2 Å². The van der Waals surface area contributed by atoms with Crippen LogP contribution in [0.4, 0.5) is 5.82 Å². The number of nitrogens with zero attached hydrogens (tertiary/aromatic N) is 5. The van der Waals surface area contributed by atoms with Gasteiger partial charge >= 0.3 is 0 Å². The summed E-state index contributed by atoms with van der Waals surface area (Å²) in [4.78, 5) is 15.4. The van der Waals surface area contributed by atoms with Gasteiger partial charge in [-0.25, -0.2) is 0 Å². The lowest BCUT2D eigenvalue weighted by Crippen LogP contribution is -2.24. The van der Waals surface area contributed by atoms with Crippen molar-refractivity contribution in [3.05, 3.63) is 24.1 Å². The summed E-state index contributed by atoms with van der Waals surface area (Å²) in [6, 6.07) is 0.0856. The Morgan fingerprint density at radius 3 is 2.95 bits per heavy atom. The molecule has 22 heavy (non-hydrogen) atoms. The number of rotatable bonds is 5. The minimum absolute atomic E-state index is 0.0856. The zero-order valence-electron chi connectivity index (χ0n) is 13.2. The smallest absolute Gasteiger partial charge is 0.234 e. The quantitative estimate of drug-likeness (QED) is 0.840. The highest BCUT2D eigenvalue weighted by molar-refractivity contribution is 5.41. The van der Waals surface area contributed by atoms with Crippen LogP contribution in [0.25, 0.3) is 0 Å². The van der Waals surface area contributed by atoms with E-state index in [-0.39, 0.29) is 12.0 Å². The number of anilines is 1. The molecule has 3 rings (SSSR count). The van der Waals surface area contributed by atoms with Crippen molar-refractivity contribution in [2.75, 3.05) is 18.1 Å². The highest BCUT2D eigenvalue weighted by atomic mass is 16.5. The Bertz CT molecular complexity index is 628. The maximum atomic E-state index is 5.43. The first-order chi connectivity index (χ1) is 10.7. The topological polar surface area (TPSA) is 77.2 Å². The van der Waals surface area contributed by atoms with E-state index in [4.69, 9.17) is 9.26 Å². The van der Waals surface area contributed by atoms with E-state index in [0.717, 1.165) is 31.0 Å². The van der Waals surface area contributed by atoms with Crippen molar-refractivity contribution in [3.8, 4) is 5.88 Å². The van der Waals surface area contributed by atoms with Crippen molar-refractivity contribution in [3.63, 3.8) is 0 Å². The minimum atomic E-state index is 0.0856. The van der Waals surface area contributed by atoms with Crippen LogP contribution in [0.3, 0.4) is 0 Å². The molecule has 1 atom stereocenters. The van der Waals surface area contributed by atoms with Crippen molar-refractivity contribution in [2.24, 2.45) is 0 Å². The molecular weight excluding hydrogens is 282 g/mol. The van der Waals surface area contributed by atoms with Gasteiger partial charge in [-0.15, -0.1) is 0 Å². The Kier molecular flexibility index (Phi) is 4.22. The van der Waals surface area contributed by atoms with Gasteiger partial charge in [-0.1, -0.05) is 19.0 Å². The van der Waals surface area contributed by atoms with Crippen LogP contribution in [-0.2, 0) is 0 Å². The number of hydrogen-bond acceptors (Lipinski definition) is 7. The summed E-state index contributed by atoms with van der Waals surface area (Å²) in [7, 11) is 0. The largest absolute Gasteiger partial charge is 0.477 e. The fourth-order valence-electron chi connectivity index (χ4n) is 2.62. The fourth-order valence-corrected chi connectivity index (χ4v) is 2.62. The van der Waals surface area contributed by atoms with Crippen LogP contribution in [0.1, 0.15) is 57.3 Å². The van der Waals surface area contributed by atoms with Gasteiger partial charge in [0.2, 0.25) is 11.8 Å². The lowest BCUT2D eigenvalue weighted by Gasteiger charge is -2.23. The van der Waals surface area contributed by atoms with Crippen molar-refractivity contribution >= 4 is 5.82 Å². The zero-order valence-corrected chi connectivity index (χ0v) is 13.2. The molecule has 1 unspecified atom stereocenters. The summed E-state index contributed by atoms with van der Waals surface area (Å²) >= 11 is 0. The normalized spacial score (nSPS) is 18.2. The van der Waals surface area contributed by atoms with Gasteiger partial charge in [0.05, 0.1) is 25.0 Å². The predicted octanol–water partition coefficient (Wildman–Crippen LogP) is 2.72. The molecule has 2 aromatic rings. The number of hydrogen-bond donors (Lipinski definition) is 0. The number of ether oxygens (including phenoxy) is 1. The summed E-state index contributed by atoms with van der Waals surface area (Å²) in [5.41, 5.74) is 0. The monoisotopic (exact) mass is 303 g/mol. The maximum absolute atomic E-state index is 5.43. The van der Waals surface area contributed by atoms with E-state index in [1.54, 1.807) is 12.4 Å². The standard InChI is InChI=1S/C15H21N5O2/c1-4-21-13-9-16-8-12(17-13)20-7-5-6-11(20)14-18-15(10(2)3)22-19-14/h8-11H,4-7H2,1-3H3. The van der Waals surface area contributed by atoms with Crippen molar-refractivity contribution in [1.82, 2.24) is 20.1 Å². The second-order valence-electron chi connectivity index (χ2n) is 5.65. The Hall–Kier alpha value is -2.18. The molecule has 7 heteroatoms. The van der Waals surface area contributed by atoms with Gasteiger partial charge in [0.15, 0.2) is 11.6 Å². The van der Waals surface area contributed by atoms with Crippen molar-refractivity contribution < 1.29 is 9.26 Å². The van der Waals surface area contributed by atoms with E-state index >= 15 is 0 Å². The molecule has 0 aromatic carbocycles. The molecule has 7 nitrogen and oxygen atoms in total. The number of aromatic nitrogens is 4. The van der Waals surface area contributed by atoms with Crippen LogP contribution in [0.15, 0.2) is 16.9 Å². The minimum Gasteiger partial charge on any atom is -0.477 e. The van der Waals surface area contributed by atoms with Gasteiger partial charge in [0.25, 0.3) is 0 Å². The van der Waals surface area contributed by atoms with Crippen LogP contribution < -0.4 is 9.64 Å². The van der Waals surface area contributed by atoms with Crippen LogP contribution in [0, 0.1) is 0 Å². The summed E-state index contributed by atoms with van der Waals surface area (Å²) in [5, 5.41) is 4.15. The molecule has 0 radical (unpaired) electrons. The molecule has 0 amide bonds. The molecule has 0 N–H and O–H groups in total. The zero-order chi connectivity index (χ0) is 15.5. The molecule has 3 heterocycles. The molecule has 1 aliphatic heterocycles. The van der Waals surface area contributed by atoms with E-state index in [0.29, 0.717) is 18.4 Å². The van der Waals surface area contributed by atoms with Crippen LogP contribution in [-0.4, -0.2) is 33.3 Å². The average molecular weight is 303 g/mol. The summed E-state index contributed by atoms with van der Waals surface area (Å²) in [6.45, 7) is 7.49. The van der Waals surface area contributed by atoms with Crippen LogP contribution >= 0.6 is 0 Å². The van der Waals surface area contributed by atoms with Crippen LogP contribution in [0.5, 0.6) is 5.88 Å². The second kappa shape index (κ2) is 6.29. The Morgan fingerprint density at radius 1 is 1.36 bits per heavy atom. The van der Waals surface area contributed by atoms with E-state index in [1.165, 1.54) is 0 Å². The highest BCUT2D eigenvalue weighted by Crippen LogP contribution is 2.34. The van der Waals surface area contributed by atoms with Gasteiger partial charge in [-0.05, 0) is 19.8 Å². The molecule has 2 aromatic heterocycles. The van der Waals surface area contributed by atoms with Gasteiger partial charge in [0, 0.05) is 12.5 Å². The molecule has 0 bridgehead atoms. The molecular formula is C15H21N5O2. The molecule has 0 saturated carbocycles. The first kappa shape index (κ1) is 14.7. The molecule has 0 spiro atoms. The molecule has 1 saturated heterocycles. The first-order valence-electron chi connectivity index (χ1n) is 7.74. The Balaban J connectivity index is 1.84. The first-order valence-corrected chi connectivity index (χ1v) is 7.74. The van der Waals surface area contributed by atoms with E-state index < -0.39 is 0 Å². The van der Waals surface area contributed by atoms with E-state index in [1.807, 2.05) is 20.8 Å². The highest BCUT2D eigenvalue weighted by Gasteiger charge is 2.31. The summed E-state index contributed by atoms with van der Waals surface area (Å²) < 4.78 is 10.8. The summed E-state index contributed by atoms with van der Waals surface area (Å²) in [5.74, 6) is 2.98. The predicted molar refractivity (Wildman–Crippen MR) is 80.9 cm³/mol. The van der Waals surface area contributed by atoms with E-state index in [9.17, 15) is 0 Å². The van der Waals surface area contributed by atoms with Gasteiger partial charge in [0.1, 0.15) is 0 Å². The third-order valence-electron chi connectivity index (χ3n) is 3.69. The molecule has 0 aliphatic carbocycles. The summed E-state index contributed by atoms with van der Waals surface area (Å²) in [6.07, 6.45) is 5.43. The van der Waals surface area contributed by atoms with Gasteiger partial charge in [-0.2, -0.15) is 9.97 Å². The average Bonchev–Trinajstić information content (AvgIpc) is 3.17. The molecule has 1 fully saturated rings. The fraction of sp³-hybridized carbons (Fsp3) is 0.600. The molecule has 1 aliphatic rings. The SMILES string of the molecule is CCOc1cncc(N2CCCC2c2noc(C(C)C)n2)n1. The second-order valence-corrected chi connectivity index (χ2v) is 5.65. The van der Waals surface area contributed by atoms with Gasteiger partial charge in [-0.3, -0.25) is 4.98 Å². The Labute approximate surface area is 129 Å². The Morgan fingerprint density at radius 2 is 2.23 bits per heavy atom. The third kappa shape index (κ3) is 2.88. The lowest BCUT2D eigenvalue weighted by molar-refractivity contribution is 0.325. The third-order valence-corrected chi connectivity index (χ3v) is 3.69. The molecule has 118 valence electrons. The van der Waals surface area contributed by atoms with Crippen molar-refractivity contribution in [2.45, 2.75) is 45.6 Å².